The standard InChI is InChI=1S/C41H34F3N3O3/c1-50-40(49)36(23-28-12-6-3-7-13-28)46-39(48)30-20-18-29(19-21-30)26-45-34-16-8-14-32(25-34)37-33(22-27-10-4-2-5-11-27)24-31-15-9-17-35(38(31)47-37)41(42,43)44/h2-21,24-25,36,45H,22-23,26H2,1H3,(H,46,48)/t36-/m1/s1. The fourth-order valence-corrected chi connectivity index (χ4v) is 5.85. The molecular formula is C41H34F3N3O3. The number of pyridine rings is 1. The van der Waals surface area contributed by atoms with Gasteiger partial charge in [0, 0.05) is 35.2 Å². The molecule has 0 unspecified atom stereocenters. The molecule has 2 N–H and O–H groups in total. The van der Waals surface area contributed by atoms with Crippen molar-refractivity contribution < 1.29 is 27.5 Å². The van der Waals surface area contributed by atoms with Gasteiger partial charge in [0.05, 0.1) is 23.9 Å². The fraction of sp³-hybridized carbons (Fsp3) is 0.146. The number of nitrogens with zero attached hydrogens (tertiary/aromatic N) is 1. The number of para-hydroxylation sites is 1. The quantitative estimate of drug-likeness (QED) is 0.135. The minimum absolute atomic E-state index is 0.0905. The zero-order chi connectivity index (χ0) is 35.1. The Labute approximate surface area is 288 Å². The van der Waals surface area contributed by atoms with Crippen LogP contribution in [0.15, 0.2) is 133 Å². The molecule has 6 rings (SSSR count). The summed E-state index contributed by atoms with van der Waals surface area (Å²) in [6, 6.07) is 38.6. The lowest BCUT2D eigenvalue weighted by atomic mass is 9.96. The molecule has 1 amide bonds. The summed E-state index contributed by atoms with van der Waals surface area (Å²) in [5.41, 5.74) is 5.06. The molecule has 0 aliphatic heterocycles. The lowest BCUT2D eigenvalue weighted by molar-refractivity contribution is -0.142. The highest BCUT2D eigenvalue weighted by atomic mass is 19.4. The minimum Gasteiger partial charge on any atom is -0.467 e. The number of alkyl halides is 3. The number of hydrogen-bond donors (Lipinski definition) is 2. The molecule has 6 aromatic rings. The van der Waals surface area contributed by atoms with E-state index in [4.69, 9.17) is 4.74 Å². The Morgan fingerprint density at radius 1 is 0.760 bits per heavy atom. The highest BCUT2D eigenvalue weighted by Gasteiger charge is 2.33. The third kappa shape index (κ3) is 8.18. The first-order valence-corrected chi connectivity index (χ1v) is 16.1. The summed E-state index contributed by atoms with van der Waals surface area (Å²) in [6.45, 7) is 0.421. The van der Waals surface area contributed by atoms with Gasteiger partial charge in [-0.1, -0.05) is 97.1 Å². The van der Waals surface area contributed by atoms with E-state index < -0.39 is 29.7 Å². The van der Waals surface area contributed by atoms with Gasteiger partial charge in [-0.05, 0) is 65.1 Å². The van der Waals surface area contributed by atoms with Crippen LogP contribution in [0.1, 0.15) is 38.2 Å². The van der Waals surface area contributed by atoms with Crippen LogP contribution in [0.25, 0.3) is 22.2 Å². The van der Waals surface area contributed by atoms with Crippen LogP contribution < -0.4 is 10.6 Å². The SMILES string of the molecule is COC(=O)[C@@H](Cc1ccccc1)NC(=O)c1ccc(CNc2cccc(-c3nc4c(C(F)(F)F)cccc4cc3Cc3ccccc3)c2)cc1. The number of halogens is 3. The summed E-state index contributed by atoms with van der Waals surface area (Å²) in [4.78, 5) is 30.1. The summed E-state index contributed by atoms with van der Waals surface area (Å²) < 4.78 is 46.9. The summed E-state index contributed by atoms with van der Waals surface area (Å²) in [5, 5.41) is 6.58. The number of esters is 1. The third-order valence-corrected chi connectivity index (χ3v) is 8.39. The number of amides is 1. The normalized spacial score (nSPS) is 11.9. The smallest absolute Gasteiger partial charge is 0.418 e. The molecule has 9 heteroatoms. The molecule has 0 aliphatic rings. The number of anilines is 1. The monoisotopic (exact) mass is 673 g/mol. The molecule has 1 aromatic heterocycles. The van der Waals surface area contributed by atoms with E-state index in [1.807, 2.05) is 97.1 Å². The molecule has 1 atom stereocenters. The van der Waals surface area contributed by atoms with Gasteiger partial charge in [0.1, 0.15) is 6.04 Å². The van der Waals surface area contributed by atoms with Crippen molar-refractivity contribution in [3.05, 3.63) is 167 Å². The number of aromatic nitrogens is 1. The number of hydrogen-bond acceptors (Lipinski definition) is 5. The first-order valence-electron chi connectivity index (χ1n) is 16.1. The van der Waals surface area contributed by atoms with Crippen LogP contribution in [-0.4, -0.2) is 30.0 Å². The topological polar surface area (TPSA) is 80.3 Å². The highest BCUT2D eigenvalue weighted by Crippen LogP contribution is 2.37. The minimum atomic E-state index is -4.55. The summed E-state index contributed by atoms with van der Waals surface area (Å²) >= 11 is 0. The van der Waals surface area contributed by atoms with Gasteiger partial charge in [0.2, 0.25) is 0 Å². The number of benzene rings is 5. The number of fused-ring (bicyclic) bond motifs is 1. The molecule has 0 aliphatic carbocycles. The molecule has 0 saturated heterocycles. The van der Waals surface area contributed by atoms with Crippen LogP contribution in [0.2, 0.25) is 0 Å². The molecule has 0 spiro atoms. The molecule has 0 fully saturated rings. The molecule has 6 nitrogen and oxygen atoms in total. The second kappa shape index (κ2) is 15.1. The second-order valence-corrected chi connectivity index (χ2v) is 11.9. The Kier molecular flexibility index (Phi) is 10.2. The summed E-state index contributed by atoms with van der Waals surface area (Å²) in [5.74, 6) is -0.927. The maximum Gasteiger partial charge on any atom is 0.418 e. The maximum atomic E-state index is 14.0. The molecule has 0 bridgehead atoms. The van der Waals surface area contributed by atoms with E-state index in [0.717, 1.165) is 34.0 Å². The van der Waals surface area contributed by atoms with Crippen molar-refractivity contribution in [2.75, 3.05) is 12.4 Å². The van der Waals surface area contributed by atoms with E-state index in [9.17, 15) is 22.8 Å². The first-order chi connectivity index (χ1) is 24.2. The van der Waals surface area contributed by atoms with Crippen molar-refractivity contribution in [1.82, 2.24) is 10.3 Å². The Morgan fingerprint density at radius 3 is 2.12 bits per heavy atom. The van der Waals surface area contributed by atoms with Crippen molar-refractivity contribution >= 4 is 28.5 Å². The van der Waals surface area contributed by atoms with Gasteiger partial charge < -0.3 is 15.4 Å². The summed E-state index contributed by atoms with van der Waals surface area (Å²) in [6.07, 6.45) is -3.75. The number of carbonyl (C=O) groups is 2. The Balaban J connectivity index is 1.20. The van der Waals surface area contributed by atoms with Crippen molar-refractivity contribution in [2.24, 2.45) is 0 Å². The van der Waals surface area contributed by atoms with Crippen molar-refractivity contribution in [3.8, 4) is 11.3 Å². The molecule has 0 radical (unpaired) electrons. The zero-order valence-electron chi connectivity index (χ0n) is 27.2. The average Bonchev–Trinajstić information content (AvgIpc) is 3.13. The lowest BCUT2D eigenvalue weighted by Gasteiger charge is -2.17. The number of rotatable bonds is 11. The van der Waals surface area contributed by atoms with E-state index in [1.165, 1.54) is 13.2 Å². The van der Waals surface area contributed by atoms with Gasteiger partial charge in [-0.25, -0.2) is 9.78 Å². The van der Waals surface area contributed by atoms with Crippen LogP contribution in [0.3, 0.4) is 0 Å². The van der Waals surface area contributed by atoms with Crippen LogP contribution in [0.5, 0.6) is 0 Å². The van der Waals surface area contributed by atoms with Gasteiger partial charge in [-0.3, -0.25) is 4.79 Å². The van der Waals surface area contributed by atoms with Crippen molar-refractivity contribution in [2.45, 2.75) is 31.6 Å². The van der Waals surface area contributed by atoms with Crippen LogP contribution in [0.4, 0.5) is 18.9 Å². The van der Waals surface area contributed by atoms with Crippen molar-refractivity contribution in [1.29, 1.82) is 0 Å². The van der Waals surface area contributed by atoms with Gasteiger partial charge in [-0.2, -0.15) is 13.2 Å². The van der Waals surface area contributed by atoms with Crippen LogP contribution >= 0.6 is 0 Å². The molecule has 1 heterocycles. The van der Waals surface area contributed by atoms with E-state index in [2.05, 4.69) is 15.6 Å². The van der Waals surface area contributed by atoms with Crippen molar-refractivity contribution in [3.63, 3.8) is 0 Å². The zero-order valence-corrected chi connectivity index (χ0v) is 27.2. The number of carbonyl (C=O) groups excluding carboxylic acids is 2. The van der Waals surface area contributed by atoms with E-state index in [-0.39, 0.29) is 5.52 Å². The van der Waals surface area contributed by atoms with Gasteiger partial charge in [-0.15, -0.1) is 0 Å². The summed E-state index contributed by atoms with van der Waals surface area (Å²) in [7, 11) is 1.29. The predicted molar refractivity (Wildman–Crippen MR) is 189 cm³/mol. The van der Waals surface area contributed by atoms with E-state index in [1.54, 1.807) is 24.3 Å². The molecule has 50 heavy (non-hydrogen) atoms. The Bertz CT molecular complexity index is 2100. The van der Waals surface area contributed by atoms with Gasteiger partial charge in [0.15, 0.2) is 0 Å². The number of ether oxygens (including phenoxy) is 1. The third-order valence-electron chi connectivity index (χ3n) is 8.39. The fourth-order valence-electron chi connectivity index (χ4n) is 5.85. The first kappa shape index (κ1) is 33.9. The Hall–Kier alpha value is -5.96. The van der Waals surface area contributed by atoms with Gasteiger partial charge >= 0.3 is 12.1 Å². The lowest BCUT2D eigenvalue weighted by Crippen LogP contribution is -2.43. The maximum absolute atomic E-state index is 14.0. The van der Waals surface area contributed by atoms with Crippen LogP contribution in [-0.2, 0) is 35.1 Å². The number of nitrogens with one attached hydrogen (secondary N) is 2. The Morgan fingerprint density at radius 2 is 1.44 bits per heavy atom. The highest BCUT2D eigenvalue weighted by molar-refractivity contribution is 5.97. The largest absolute Gasteiger partial charge is 0.467 e. The van der Waals surface area contributed by atoms with Gasteiger partial charge in [0.25, 0.3) is 5.91 Å². The van der Waals surface area contributed by atoms with E-state index >= 15 is 0 Å². The second-order valence-electron chi connectivity index (χ2n) is 11.9. The average molecular weight is 674 g/mol. The molecule has 5 aromatic carbocycles. The van der Waals surface area contributed by atoms with Crippen LogP contribution in [0, 0.1) is 0 Å². The van der Waals surface area contributed by atoms with E-state index in [0.29, 0.717) is 41.6 Å². The molecular weight excluding hydrogens is 639 g/mol. The molecule has 252 valence electrons. The molecule has 0 saturated carbocycles. The number of methoxy groups -OCH3 is 1. The predicted octanol–water partition coefficient (Wildman–Crippen LogP) is 8.64.